The van der Waals surface area contributed by atoms with Gasteiger partial charge >= 0.3 is 0 Å². The van der Waals surface area contributed by atoms with E-state index in [9.17, 15) is 0 Å². The first-order valence-corrected chi connectivity index (χ1v) is 8.35. The average Bonchev–Trinajstić information content (AvgIpc) is 2.93. The summed E-state index contributed by atoms with van der Waals surface area (Å²) in [5, 5.41) is 12.6. The maximum atomic E-state index is 9.13. The first-order valence-electron chi connectivity index (χ1n) is 8.35. The molecule has 0 aliphatic rings. The summed E-state index contributed by atoms with van der Waals surface area (Å²) in [5.41, 5.74) is 6.46. The van der Waals surface area contributed by atoms with E-state index in [0.29, 0.717) is 6.42 Å². The quantitative estimate of drug-likeness (QED) is 0.420. The van der Waals surface area contributed by atoms with Crippen LogP contribution in [0.4, 0.5) is 0 Å². The monoisotopic (exact) mass is 321 g/mol. The van der Waals surface area contributed by atoms with E-state index in [2.05, 4.69) is 47.8 Å². The third kappa shape index (κ3) is 3.04. The van der Waals surface area contributed by atoms with Crippen molar-refractivity contribution < 1.29 is 5.21 Å². The van der Waals surface area contributed by atoms with Crippen LogP contribution >= 0.6 is 0 Å². The number of oxime groups is 1. The largest absolute Gasteiger partial charge is 0.411 e. The third-order valence-electron chi connectivity index (χ3n) is 4.46. The predicted octanol–water partition coefficient (Wildman–Crippen LogP) is 4.72. The molecule has 1 aromatic heterocycles. The minimum Gasteiger partial charge on any atom is -0.411 e. The Morgan fingerprint density at radius 1 is 1.21 bits per heavy atom. The van der Waals surface area contributed by atoms with E-state index in [1.807, 2.05) is 25.2 Å². The third-order valence-corrected chi connectivity index (χ3v) is 4.46. The van der Waals surface area contributed by atoms with Gasteiger partial charge < -0.3 is 9.77 Å². The Bertz CT molecular complexity index is 893. The van der Waals surface area contributed by atoms with Crippen molar-refractivity contribution in [1.82, 2.24) is 9.55 Å². The molecular formula is C20H23N3O. The van der Waals surface area contributed by atoms with E-state index < -0.39 is 0 Å². The summed E-state index contributed by atoms with van der Waals surface area (Å²) in [6.07, 6.45) is 2.50. The molecule has 1 heterocycles. The first kappa shape index (κ1) is 16.2. The second-order valence-corrected chi connectivity index (χ2v) is 6.22. The molecule has 0 bridgehead atoms. The van der Waals surface area contributed by atoms with Crippen LogP contribution in [0.2, 0.25) is 0 Å². The fraction of sp³-hybridized carbons (Fsp3) is 0.300. The maximum Gasteiger partial charge on any atom is 0.140 e. The van der Waals surface area contributed by atoms with Crippen LogP contribution in [0.5, 0.6) is 0 Å². The highest BCUT2D eigenvalue weighted by molar-refractivity contribution is 5.86. The molecule has 0 saturated heterocycles. The number of para-hydroxylation sites is 2. The van der Waals surface area contributed by atoms with Gasteiger partial charge in [-0.1, -0.05) is 42.8 Å². The number of imidazole rings is 1. The Kier molecular flexibility index (Phi) is 4.65. The molecule has 0 radical (unpaired) electrons. The number of hydrogen-bond donors (Lipinski definition) is 1. The lowest BCUT2D eigenvalue weighted by atomic mass is 9.98. The van der Waals surface area contributed by atoms with E-state index in [1.54, 1.807) is 0 Å². The minimum absolute atomic E-state index is 0.693. The van der Waals surface area contributed by atoms with Crippen LogP contribution in [0.3, 0.4) is 0 Å². The molecule has 0 amide bonds. The zero-order valence-corrected chi connectivity index (χ0v) is 14.5. The van der Waals surface area contributed by atoms with Gasteiger partial charge in [0.1, 0.15) is 5.82 Å². The van der Waals surface area contributed by atoms with E-state index in [0.717, 1.165) is 41.0 Å². The number of fused-ring (bicyclic) bond motifs is 1. The lowest BCUT2D eigenvalue weighted by Crippen LogP contribution is -2.04. The topological polar surface area (TPSA) is 50.4 Å². The Balaban J connectivity index is 1.95. The summed E-state index contributed by atoms with van der Waals surface area (Å²) >= 11 is 0. The highest BCUT2D eigenvalue weighted by Crippen LogP contribution is 2.25. The Morgan fingerprint density at radius 3 is 2.67 bits per heavy atom. The molecule has 124 valence electrons. The van der Waals surface area contributed by atoms with Crippen LogP contribution in [0, 0.1) is 6.92 Å². The Morgan fingerprint density at radius 2 is 2.00 bits per heavy atom. The standard InChI is InChI=1S/C20H23N3O/c1-4-7-17(22-24)13-15-10-11-16(12-14(15)2)20-21-18-8-5-6-9-19(18)23(20)3/h5-6,8-12,24H,4,7,13H2,1-3H3/b22-17+. The average molecular weight is 321 g/mol. The maximum absolute atomic E-state index is 9.13. The van der Waals surface area contributed by atoms with Crippen molar-refractivity contribution in [2.24, 2.45) is 12.2 Å². The number of rotatable bonds is 5. The zero-order chi connectivity index (χ0) is 17.1. The van der Waals surface area contributed by atoms with Crippen LogP contribution in [0.1, 0.15) is 30.9 Å². The van der Waals surface area contributed by atoms with Crippen molar-refractivity contribution in [3.8, 4) is 11.4 Å². The van der Waals surface area contributed by atoms with E-state index in [-0.39, 0.29) is 0 Å². The molecule has 0 fully saturated rings. The van der Waals surface area contributed by atoms with Crippen LogP contribution in [-0.4, -0.2) is 20.5 Å². The lowest BCUT2D eigenvalue weighted by molar-refractivity contribution is 0.316. The number of aromatic nitrogens is 2. The van der Waals surface area contributed by atoms with Gasteiger partial charge in [-0.2, -0.15) is 0 Å². The highest BCUT2D eigenvalue weighted by Gasteiger charge is 2.11. The van der Waals surface area contributed by atoms with Gasteiger partial charge in [-0.05, 0) is 42.7 Å². The number of nitrogens with zero attached hydrogens (tertiary/aromatic N) is 3. The van der Waals surface area contributed by atoms with E-state index >= 15 is 0 Å². The zero-order valence-electron chi connectivity index (χ0n) is 14.5. The highest BCUT2D eigenvalue weighted by atomic mass is 16.4. The molecule has 4 nitrogen and oxygen atoms in total. The smallest absolute Gasteiger partial charge is 0.140 e. The second kappa shape index (κ2) is 6.87. The summed E-state index contributed by atoms with van der Waals surface area (Å²) in [6, 6.07) is 14.5. The number of hydrogen-bond acceptors (Lipinski definition) is 3. The van der Waals surface area contributed by atoms with Gasteiger partial charge in [0, 0.05) is 19.0 Å². The SMILES string of the molecule is CCC/C(Cc1ccc(-c2nc3ccccc3n2C)cc1C)=N\O. The molecule has 2 aromatic carbocycles. The van der Waals surface area contributed by atoms with Crippen LogP contribution < -0.4 is 0 Å². The van der Waals surface area contributed by atoms with Gasteiger partial charge in [-0.15, -0.1) is 0 Å². The van der Waals surface area contributed by atoms with Gasteiger partial charge in [0.05, 0.1) is 16.7 Å². The molecule has 0 unspecified atom stereocenters. The predicted molar refractivity (Wildman–Crippen MR) is 98.7 cm³/mol. The Hall–Kier alpha value is -2.62. The molecule has 0 aliphatic heterocycles. The molecule has 3 aromatic rings. The summed E-state index contributed by atoms with van der Waals surface area (Å²) in [7, 11) is 2.05. The molecule has 0 aliphatic carbocycles. The van der Waals surface area contributed by atoms with Gasteiger partial charge in [0.25, 0.3) is 0 Å². The fourth-order valence-electron chi connectivity index (χ4n) is 3.12. The molecule has 0 atom stereocenters. The van der Waals surface area contributed by atoms with Gasteiger partial charge in [-0.25, -0.2) is 4.98 Å². The van der Waals surface area contributed by atoms with Crippen molar-refractivity contribution in [2.45, 2.75) is 33.1 Å². The van der Waals surface area contributed by atoms with E-state index in [1.165, 1.54) is 11.1 Å². The van der Waals surface area contributed by atoms with Gasteiger partial charge in [0.2, 0.25) is 0 Å². The van der Waals surface area contributed by atoms with Gasteiger partial charge in [0.15, 0.2) is 0 Å². The van der Waals surface area contributed by atoms with Crippen molar-refractivity contribution >= 4 is 16.7 Å². The molecule has 4 heteroatoms. The summed E-state index contributed by atoms with van der Waals surface area (Å²) in [5.74, 6) is 0.968. The summed E-state index contributed by atoms with van der Waals surface area (Å²) in [6.45, 7) is 4.19. The Labute approximate surface area is 142 Å². The van der Waals surface area contributed by atoms with Crippen molar-refractivity contribution in [2.75, 3.05) is 0 Å². The normalized spacial score (nSPS) is 12.0. The molecule has 24 heavy (non-hydrogen) atoms. The molecule has 1 N–H and O–H groups in total. The van der Waals surface area contributed by atoms with Crippen molar-refractivity contribution in [1.29, 1.82) is 0 Å². The molecule has 0 saturated carbocycles. The van der Waals surface area contributed by atoms with Crippen LogP contribution in [0.25, 0.3) is 22.4 Å². The first-order chi connectivity index (χ1) is 11.6. The van der Waals surface area contributed by atoms with Crippen molar-refractivity contribution in [3.05, 3.63) is 53.6 Å². The molecular weight excluding hydrogens is 298 g/mol. The second-order valence-electron chi connectivity index (χ2n) is 6.22. The molecule has 0 spiro atoms. The summed E-state index contributed by atoms with van der Waals surface area (Å²) < 4.78 is 2.13. The summed E-state index contributed by atoms with van der Waals surface area (Å²) in [4.78, 5) is 4.76. The minimum atomic E-state index is 0.693. The lowest BCUT2D eigenvalue weighted by Gasteiger charge is -2.10. The molecule has 3 rings (SSSR count). The van der Waals surface area contributed by atoms with Crippen molar-refractivity contribution in [3.63, 3.8) is 0 Å². The number of benzene rings is 2. The fourth-order valence-corrected chi connectivity index (χ4v) is 3.12. The van der Waals surface area contributed by atoms with Gasteiger partial charge in [-0.3, -0.25) is 0 Å². The van der Waals surface area contributed by atoms with E-state index in [4.69, 9.17) is 10.2 Å². The van der Waals surface area contributed by atoms with Crippen LogP contribution in [-0.2, 0) is 13.5 Å². The number of aryl methyl sites for hydroxylation is 2. The van der Waals surface area contributed by atoms with Crippen LogP contribution in [0.15, 0.2) is 47.6 Å².